The second-order valence-corrected chi connectivity index (χ2v) is 3.32. The predicted octanol–water partition coefficient (Wildman–Crippen LogP) is 1.43. The second-order valence-electron chi connectivity index (χ2n) is 3.32. The highest BCUT2D eigenvalue weighted by molar-refractivity contribution is 5.71. The van der Waals surface area contributed by atoms with Crippen LogP contribution in [0.2, 0.25) is 0 Å². The number of hydrogen-bond acceptors (Lipinski definition) is 4. The van der Waals surface area contributed by atoms with Gasteiger partial charge < -0.3 is 4.74 Å². The highest BCUT2D eigenvalue weighted by atomic mass is 19.1. The van der Waals surface area contributed by atoms with Crippen LogP contribution in [0.3, 0.4) is 0 Å². The van der Waals surface area contributed by atoms with Gasteiger partial charge >= 0.3 is 5.97 Å². The third-order valence-corrected chi connectivity index (χ3v) is 2.24. The van der Waals surface area contributed by atoms with Crippen LogP contribution in [0.4, 0.5) is 4.39 Å². The first-order valence-electron chi connectivity index (χ1n) is 5.09. The van der Waals surface area contributed by atoms with Crippen LogP contribution in [-0.2, 0) is 9.53 Å². The molecule has 0 aliphatic rings. The van der Waals surface area contributed by atoms with Crippen molar-refractivity contribution < 1.29 is 13.9 Å². The molecule has 16 heavy (non-hydrogen) atoms. The Morgan fingerprint density at radius 3 is 2.88 bits per heavy atom. The maximum Gasteiger partial charge on any atom is 0.319 e. The van der Waals surface area contributed by atoms with Crippen molar-refractivity contribution in [1.82, 2.24) is 10.3 Å². The Labute approximate surface area is 93.8 Å². The first-order valence-corrected chi connectivity index (χ1v) is 5.09. The lowest BCUT2D eigenvalue weighted by atomic mass is 10.1. The monoisotopic (exact) mass is 226 g/mol. The molecule has 0 saturated heterocycles. The first kappa shape index (κ1) is 12.6. The van der Waals surface area contributed by atoms with E-state index in [0.29, 0.717) is 5.69 Å². The zero-order valence-corrected chi connectivity index (χ0v) is 9.37. The smallest absolute Gasteiger partial charge is 0.319 e. The fraction of sp³-hybridized carbons (Fsp3) is 0.455. The summed E-state index contributed by atoms with van der Waals surface area (Å²) in [4.78, 5) is 14.9. The number of rotatable bonds is 5. The van der Waals surface area contributed by atoms with E-state index in [9.17, 15) is 9.18 Å². The van der Waals surface area contributed by atoms with Crippen LogP contribution in [0, 0.1) is 5.82 Å². The Morgan fingerprint density at radius 1 is 1.62 bits per heavy atom. The van der Waals surface area contributed by atoms with Gasteiger partial charge in [-0.15, -0.1) is 0 Å². The molecule has 1 aromatic rings. The van der Waals surface area contributed by atoms with Gasteiger partial charge in [-0.2, -0.15) is 0 Å². The van der Waals surface area contributed by atoms with Gasteiger partial charge in [-0.1, -0.05) is 6.92 Å². The lowest BCUT2D eigenvalue weighted by molar-refractivity contribution is -0.139. The average Bonchev–Trinajstić information content (AvgIpc) is 2.31. The summed E-state index contributed by atoms with van der Waals surface area (Å²) < 4.78 is 17.2. The van der Waals surface area contributed by atoms with Crippen molar-refractivity contribution >= 4 is 5.97 Å². The Morgan fingerprint density at radius 2 is 2.38 bits per heavy atom. The summed E-state index contributed by atoms with van der Waals surface area (Å²) in [6.45, 7) is 2.08. The molecule has 0 aliphatic heterocycles. The molecule has 1 unspecified atom stereocenters. The second kappa shape index (κ2) is 6.17. The summed E-state index contributed by atoms with van der Waals surface area (Å²) in [6, 6.07) is 2.89. The molecule has 0 aliphatic carbocycles. The van der Waals surface area contributed by atoms with Gasteiger partial charge in [0, 0.05) is 6.04 Å². The minimum atomic E-state index is -0.369. The molecular weight excluding hydrogens is 211 g/mol. The minimum Gasteiger partial charge on any atom is -0.468 e. The number of nitrogens with zero attached hydrogens (tertiary/aromatic N) is 1. The van der Waals surface area contributed by atoms with E-state index in [4.69, 9.17) is 0 Å². The molecule has 1 atom stereocenters. The van der Waals surface area contributed by atoms with E-state index in [1.165, 1.54) is 13.2 Å². The van der Waals surface area contributed by atoms with Crippen molar-refractivity contribution in [1.29, 1.82) is 0 Å². The SMILES string of the molecule is CCC(NCC(=O)OC)c1ccc(F)cn1. The van der Waals surface area contributed by atoms with E-state index in [1.807, 2.05) is 6.92 Å². The third-order valence-electron chi connectivity index (χ3n) is 2.24. The molecule has 0 bridgehead atoms. The summed E-state index contributed by atoms with van der Waals surface area (Å²) >= 11 is 0. The molecular formula is C11H15FN2O2. The Bertz CT molecular complexity index is 340. The third kappa shape index (κ3) is 3.58. The van der Waals surface area contributed by atoms with Crippen molar-refractivity contribution in [2.75, 3.05) is 13.7 Å². The van der Waals surface area contributed by atoms with E-state index in [1.54, 1.807) is 6.07 Å². The molecule has 0 saturated carbocycles. The lowest BCUT2D eigenvalue weighted by Crippen LogP contribution is -2.28. The molecule has 1 aromatic heterocycles. The maximum absolute atomic E-state index is 12.7. The Kier molecular flexibility index (Phi) is 4.85. The molecule has 0 amide bonds. The average molecular weight is 226 g/mol. The number of aromatic nitrogens is 1. The van der Waals surface area contributed by atoms with Gasteiger partial charge in [0.25, 0.3) is 0 Å². The van der Waals surface area contributed by atoms with Crippen molar-refractivity contribution in [2.24, 2.45) is 0 Å². The maximum atomic E-state index is 12.7. The summed E-state index contributed by atoms with van der Waals surface area (Å²) in [5.41, 5.74) is 0.716. The van der Waals surface area contributed by atoms with Crippen LogP contribution in [0.5, 0.6) is 0 Å². The van der Waals surface area contributed by atoms with E-state index in [-0.39, 0.29) is 24.4 Å². The highest BCUT2D eigenvalue weighted by Gasteiger charge is 2.11. The van der Waals surface area contributed by atoms with Crippen LogP contribution in [-0.4, -0.2) is 24.6 Å². The number of esters is 1. The van der Waals surface area contributed by atoms with Gasteiger partial charge in [0.05, 0.1) is 25.5 Å². The number of ether oxygens (including phenoxy) is 1. The van der Waals surface area contributed by atoms with Crippen LogP contribution >= 0.6 is 0 Å². The van der Waals surface area contributed by atoms with Gasteiger partial charge in [-0.05, 0) is 18.6 Å². The predicted molar refractivity (Wildman–Crippen MR) is 57.2 cm³/mol. The van der Waals surface area contributed by atoms with Crippen LogP contribution < -0.4 is 5.32 Å². The van der Waals surface area contributed by atoms with Gasteiger partial charge in [-0.25, -0.2) is 4.39 Å². The molecule has 0 radical (unpaired) electrons. The van der Waals surface area contributed by atoms with Crippen LogP contribution in [0.15, 0.2) is 18.3 Å². The minimum absolute atomic E-state index is 0.0697. The topological polar surface area (TPSA) is 51.2 Å². The van der Waals surface area contributed by atoms with Crippen molar-refractivity contribution in [3.05, 3.63) is 29.8 Å². The van der Waals surface area contributed by atoms with E-state index in [2.05, 4.69) is 15.0 Å². The van der Waals surface area contributed by atoms with E-state index < -0.39 is 0 Å². The van der Waals surface area contributed by atoms with Crippen LogP contribution in [0.1, 0.15) is 25.1 Å². The molecule has 4 nitrogen and oxygen atoms in total. The largest absolute Gasteiger partial charge is 0.468 e. The van der Waals surface area contributed by atoms with Gasteiger partial charge in [0.15, 0.2) is 0 Å². The first-order chi connectivity index (χ1) is 7.67. The van der Waals surface area contributed by atoms with E-state index in [0.717, 1.165) is 12.6 Å². The molecule has 0 aromatic carbocycles. The Hall–Kier alpha value is -1.49. The standard InChI is InChI=1S/C11H15FN2O2/c1-3-9(14-7-11(15)16-2)10-5-4-8(12)6-13-10/h4-6,9,14H,3,7H2,1-2H3. The van der Waals surface area contributed by atoms with Gasteiger partial charge in [0.2, 0.25) is 0 Å². The normalized spacial score (nSPS) is 12.2. The zero-order chi connectivity index (χ0) is 12.0. The van der Waals surface area contributed by atoms with E-state index >= 15 is 0 Å². The number of nitrogens with one attached hydrogen (secondary N) is 1. The summed E-state index contributed by atoms with van der Waals surface area (Å²) in [6.07, 6.45) is 1.92. The quantitative estimate of drug-likeness (QED) is 0.772. The summed E-state index contributed by atoms with van der Waals surface area (Å²) in [5.74, 6) is -0.702. The number of carbonyl (C=O) groups is 1. The summed E-state index contributed by atoms with van der Waals surface area (Å²) in [5, 5.41) is 3.00. The molecule has 1 heterocycles. The number of carbonyl (C=O) groups excluding carboxylic acids is 1. The fourth-order valence-corrected chi connectivity index (χ4v) is 1.33. The fourth-order valence-electron chi connectivity index (χ4n) is 1.33. The van der Waals surface area contributed by atoms with Crippen molar-refractivity contribution in [2.45, 2.75) is 19.4 Å². The lowest BCUT2D eigenvalue weighted by Gasteiger charge is -2.15. The number of hydrogen-bond donors (Lipinski definition) is 1. The molecule has 1 N–H and O–H groups in total. The summed E-state index contributed by atoms with van der Waals surface area (Å²) in [7, 11) is 1.33. The highest BCUT2D eigenvalue weighted by Crippen LogP contribution is 2.13. The molecule has 1 rings (SSSR count). The zero-order valence-electron chi connectivity index (χ0n) is 9.37. The molecule has 88 valence electrons. The van der Waals surface area contributed by atoms with Crippen molar-refractivity contribution in [3.8, 4) is 0 Å². The Balaban J connectivity index is 2.60. The number of pyridine rings is 1. The molecule has 0 spiro atoms. The molecule has 0 fully saturated rings. The number of methoxy groups -OCH3 is 1. The van der Waals surface area contributed by atoms with Crippen LogP contribution in [0.25, 0.3) is 0 Å². The number of halogens is 1. The van der Waals surface area contributed by atoms with Gasteiger partial charge in [0.1, 0.15) is 5.82 Å². The van der Waals surface area contributed by atoms with Crippen molar-refractivity contribution in [3.63, 3.8) is 0 Å². The van der Waals surface area contributed by atoms with Gasteiger partial charge in [-0.3, -0.25) is 15.1 Å². The molecule has 5 heteroatoms.